The second-order valence-electron chi connectivity index (χ2n) is 6.20. The molecule has 3 rings (SSSR count). The standard InChI is InChI=1S/C19H21N3O3S/c23-17(12-16-2-1-11-26-16)20-9-10-21-18(24)13-5-7-15(8-6-13)22-19(25)14-3-4-14/h1-2,5-8,11,14H,3-4,9-10,12H2,(H,20,23)(H,21,24)(H,22,25). The number of nitrogens with one attached hydrogen (secondary N) is 3. The molecular formula is C19H21N3O3S. The van der Waals surface area contributed by atoms with Crippen molar-refractivity contribution in [3.05, 3.63) is 52.2 Å². The van der Waals surface area contributed by atoms with Crippen molar-refractivity contribution in [2.24, 2.45) is 5.92 Å². The Bertz CT molecular complexity index is 768. The van der Waals surface area contributed by atoms with Gasteiger partial charge in [0.2, 0.25) is 11.8 Å². The zero-order chi connectivity index (χ0) is 18.4. The molecule has 0 saturated heterocycles. The Morgan fingerprint density at radius 1 is 1.00 bits per heavy atom. The number of amides is 3. The number of carbonyl (C=O) groups excluding carboxylic acids is 3. The van der Waals surface area contributed by atoms with Crippen molar-refractivity contribution >= 4 is 34.7 Å². The first-order valence-electron chi connectivity index (χ1n) is 8.60. The molecule has 0 radical (unpaired) electrons. The summed E-state index contributed by atoms with van der Waals surface area (Å²) in [5.41, 5.74) is 1.21. The maximum absolute atomic E-state index is 12.1. The number of hydrogen-bond acceptors (Lipinski definition) is 4. The van der Waals surface area contributed by atoms with Gasteiger partial charge < -0.3 is 16.0 Å². The summed E-state index contributed by atoms with van der Waals surface area (Å²) >= 11 is 1.55. The van der Waals surface area contributed by atoms with E-state index in [1.54, 1.807) is 35.6 Å². The lowest BCUT2D eigenvalue weighted by atomic mass is 10.2. The maximum atomic E-state index is 12.1. The van der Waals surface area contributed by atoms with E-state index in [1.807, 2.05) is 17.5 Å². The summed E-state index contributed by atoms with van der Waals surface area (Å²) in [7, 11) is 0. The number of thiophene rings is 1. The van der Waals surface area contributed by atoms with Gasteiger partial charge in [0.05, 0.1) is 6.42 Å². The number of benzene rings is 1. The second kappa shape index (κ2) is 8.62. The SMILES string of the molecule is O=C(Cc1cccs1)NCCNC(=O)c1ccc(NC(=O)C2CC2)cc1. The fourth-order valence-corrected chi connectivity index (χ4v) is 3.11. The Hall–Kier alpha value is -2.67. The zero-order valence-electron chi connectivity index (χ0n) is 14.3. The smallest absolute Gasteiger partial charge is 0.251 e. The zero-order valence-corrected chi connectivity index (χ0v) is 15.1. The van der Waals surface area contributed by atoms with E-state index in [0.717, 1.165) is 17.7 Å². The molecule has 136 valence electrons. The summed E-state index contributed by atoms with van der Waals surface area (Å²) in [4.78, 5) is 36.6. The number of anilines is 1. The quantitative estimate of drug-likeness (QED) is 0.622. The molecular weight excluding hydrogens is 350 g/mol. The molecule has 3 N–H and O–H groups in total. The predicted octanol–water partition coefficient (Wildman–Crippen LogP) is 2.19. The van der Waals surface area contributed by atoms with E-state index in [0.29, 0.717) is 30.8 Å². The minimum atomic E-state index is -0.211. The van der Waals surface area contributed by atoms with Crippen molar-refractivity contribution in [2.45, 2.75) is 19.3 Å². The molecule has 0 bridgehead atoms. The van der Waals surface area contributed by atoms with Crippen LogP contribution in [0.4, 0.5) is 5.69 Å². The first kappa shape index (κ1) is 18.1. The van der Waals surface area contributed by atoms with Crippen LogP contribution in [0.1, 0.15) is 28.1 Å². The molecule has 0 unspecified atom stereocenters. The van der Waals surface area contributed by atoms with Gasteiger partial charge in [0, 0.05) is 35.1 Å². The van der Waals surface area contributed by atoms with Crippen LogP contribution in [-0.4, -0.2) is 30.8 Å². The lowest BCUT2D eigenvalue weighted by Gasteiger charge is -2.08. The van der Waals surface area contributed by atoms with Crippen LogP contribution < -0.4 is 16.0 Å². The Labute approximate surface area is 156 Å². The average molecular weight is 371 g/mol. The van der Waals surface area contributed by atoms with E-state index in [-0.39, 0.29) is 23.6 Å². The summed E-state index contributed by atoms with van der Waals surface area (Å²) in [6, 6.07) is 10.6. The summed E-state index contributed by atoms with van der Waals surface area (Å²) in [6.07, 6.45) is 2.27. The third-order valence-electron chi connectivity index (χ3n) is 4.01. The van der Waals surface area contributed by atoms with Gasteiger partial charge in [0.1, 0.15) is 0 Å². The van der Waals surface area contributed by atoms with Gasteiger partial charge in [0.25, 0.3) is 5.91 Å². The maximum Gasteiger partial charge on any atom is 0.251 e. The topological polar surface area (TPSA) is 87.3 Å². The largest absolute Gasteiger partial charge is 0.354 e. The fourth-order valence-electron chi connectivity index (χ4n) is 2.41. The van der Waals surface area contributed by atoms with Crippen LogP contribution in [0, 0.1) is 5.92 Å². The van der Waals surface area contributed by atoms with Gasteiger partial charge in [-0.25, -0.2) is 0 Å². The number of carbonyl (C=O) groups is 3. The molecule has 1 aromatic carbocycles. The van der Waals surface area contributed by atoms with Crippen molar-refractivity contribution in [3.8, 4) is 0 Å². The normalized spacial score (nSPS) is 13.1. The van der Waals surface area contributed by atoms with E-state index < -0.39 is 0 Å². The van der Waals surface area contributed by atoms with Crippen LogP contribution in [0.25, 0.3) is 0 Å². The molecule has 1 aliphatic carbocycles. The highest BCUT2D eigenvalue weighted by atomic mass is 32.1. The molecule has 1 fully saturated rings. The van der Waals surface area contributed by atoms with Crippen molar-refractivity contribution in [2.75, 3.05) is 18.4 Å². The Kier molecular flexibility index (Phi) is 6.01. The van der Waals surface area contributed by atoms with Gasteiger partial charge in [0.15, 0.2) is 0 Å². The summed E-state index contributed by atoms with van der Waals surface area (Å²) in [6.45, 7) is 0.737. The van der Waals surface area contributed by atoms with Crippen LogP contribution in [0.3, 0.4) is 0 Å². The minimum absolute atomic E-state index is 0.0421. The minimum Gasteiger partial charge on any atom is -0.354 e. The average Bonchev–Trinajstić information content (AvgIpc) is 3.37. The molecule has 0 aliphatic heterocycles. The lowest BCUT2D eigenvalue weighted by molar-refractivity contribution is -0.120. The summed E-state index contributed by atoms with van der Waals surface area (Å²) < 4.78 is 0. The highest BCUT2D eigenvalue weighted by Crippen LogP contribution is 2.30. The van der Waals surface area contributed by atoms with Crippen molar-refractivity contribution in [3.63, 3.8) is 0 Å². The van der Waals surface area contributed by atoms with Crippen LogP contribution >= 0.6 is 11.3 Å². The van der Waals surface area contributed by atoms with Crippen LogP contribution in [-0.2, 0) is 16.0 Å². The number of rotatable bonds is 8. The molecule has 2 aromatic rings. The van der Waals surface area contributed by atoms with Gasteiger partial charge in [-0.05, 0) is 48.6 Å². The Balaban J connectivity index is 1.36. The van der Waals surface area contributed by atoms with Crippen LogP contribution in [0.5, 0.6) is 0 Å². The lowest BCUT2D eigenvalue weighted by Crippen LogP contribution is -2.35. The Morgan fingerprint density at radius 3 is 2.38 bits per heavy atom. The van der Waals surface area contributed by atoms with Gasteiger partial charge in [-0.15, -0.1) is 11.3 Å². The monoisotopic (exact) mass is 371 g/mol. The molecule has 1 aromatic heterocycles. The molecule has 1 saturated carbocycles. The van der Waals surface area contributed by atoms with Gasteiger partial charge in [-0.1, -0.05) is 6.07 Å². The Morgan fingerprint density at radius 2 is 1.73 bits per heavy atom. The highest BCUT2D eigenvalue weighted by Gasteiger charge is 2.29. The van der Waals surface area contributed by atoms with Crippen molar-refractivity contribution < 1.29 is 14.4 Å². The number of hydrogen-bond donors (Lipinski definition) is 3. The van der Waals surface area contributed by atoms with E-state index in [9.17, 15) is 14.4 Å². The van der Waals surface area contributed by atoms with Gasteiger partial charge in [-0.2, -0.15) is 0 Å². The molecule has 0 spiro atoms. The fraction of sp³-hybridized carbons (Fsp3) is 0.316. The van der Waals surface area contributed by atoms with E-state index in [4.69, 9.17) is 0 Å². The molecule has 6 nitrogen and oxygen atoms in total. The van der Waals surface area contributed by atoms with E-state index in [2.05, 4.69) is 16.0 Å². The molecule has 1 aliphatic rings. The molecule has 3 amide bonds. The molecule has 26 heavy (non-hydrogen) atoms. The van der Waals surface area contributed by atoms with Crippen molar-refractivity contribution in [1.29, 1.82) is 0 Å². The highest BCUT2D eigenvalue weighted by molar-refractivity contribution is 7.10. The second-order valence-corrected chi connectivity index (χ2v) is 7.24. The molecule has 0 atom stereocenters. The van der Waals surface area contributed by atoms with Crippen LogP contribution in [0.15, 0.2) is 41.8 Å². The molecule has 7 heteroatoms. The van der Waals surface area contributed by atoms with Crippen molar-refractivity contribution in [1.82, 2.24) is 10.6 Å². The summed E-state index contributed by atoms with van der Waals surface area (Å²) in [5, 5.41) is 10.3. The molecule has 1 heterocycles. The first-order valence-corrected chi connectivity index (χ1v) is 9.48. The first-order chi connectivity index (χ1) is 12.6. The van der Waals surface area contributed by atoms with E-state index in [1.165, 1.54) is 0 Å². The third kappa shape index (κ3) is 5.42. The third-order valence-corrected chi connectivity index (χ3v) is 4.89. The van der Waals surface area contributed by atoms with Crippen LogP contribution in [0.2, 0.25) is 0 Å². The van der Waals surface area contributed by atoms with E-state index >= 15 is 0 Å². The van der Waals surface area contributed by atoms with Gasteiger partial charge >= 0.3 is 0 Å². The predicted molar refractivity (Wildman–Crippen MR) is 101 cm³/mol. The summed E-state index contributed by atoms with van der Waals surface area (Å²) in [5.74, 6) is -0.0801. The van der Waals surface area contributed by atoms with Gasteiger partial charge in [-0.3, -0.25) is 14.4 Å².